The van der Waals surface area contributed by atoms with Gasteiger partial charge in [-0.15, -0.1) is 0 Å². The number of rotatable bonds is 10. The van der Waals surface area contributed by atoms with Crippen LogP contribution in [0.3, 0.4) is 0 Å². The van der Waals surface area contributed by atoms with E-state index in [9.17, 15) is 0 Å². The Morgan fingerprint density at radius 2 is 2.06 bits per heavy atom. The van der Waals surface area contributed by atoms with E-state index in [1.165, 1.54) is 0 Å². The molecule has 0 bridgehead atoms. The average Bonchev–Trinajstić information content (AvgIpc) is 3.13. The lowest BCUT2D eigenvalue weighted by Gasteiger charge is -2.25. The largest absolute Gasteiger partial charge is 0.502 e. The number of hydrogen-bond acceptors (Lipinski definition) is 6. The van der Waals surface area contributed by atoms with Crippen molar-refractivity contribution in [2.75, 3.05) is 40.8 Å². The molecule has 1 rings (SSSR count). The molecular formula is C9H21NO5Si. The fraction of sp³-hybridized carbons (Fsp3) is 1.00. The van der Waals surface area contributed by atoms with E-state index in [1.807, 2.05) is 0 Å². The summed E-state index contributed by atoms with van der Waals surface area (Å²) in [5, 5.41) is 0. The predicted molar refractivity (Wildman–Crippen MR) is 59.9 cm³/mol. The number of nitrogens with two attached hydrogens (primary N) is 1. The molecule has 0 aromatic rings. The molecule has 16 heavy (non-hydrogen) atoms. The van der Waals surface area contributed by atoms with Crippen LogP contribution in [0.4, 0.5) is 0 Å². The minimum atomic E-state index is -2.56. The van der Waals surface area contributed by atoms with Crippen LogP contribution < -0.4 is 5.73 Å². The Balaban J connectivity index is 2.18. The van der Waals surface area contributed by atoms with Crippen molar-refractivity contribution < 1.29 is 22.8 Å². The third-order valence-corrected chi connectivity index (χ3v) is 5.15. The van der Waals surface area contributed by atoms with Gasteiger partial charge >= 0.3 is 8.80 Å². The van der Waals surface area contributed by atoms with Crippen molar-refractivity contribution in [3.05, 3.63) is 0 Å². The van der Waals surface area contributed by atoms with E-state index < -0.39 is 8.80 Å². The lowest BCUT2D eigenvalue weighted by molar-refractivity contribution is -0.0370. The summed E-state index contributed by atoms with van der Waals surface area (Å²) in [5.74, 6) is 0. The van der Waals surface area contributed by atoms with E-state index in [2.05, 4.69) is 0 Å². The molecule has 1 saturated heterocycles. The van der Waals surface area contributed by atoms with E-state index >= 15 is 0 Å². The molecule has 0 saturated carbocycles. The van der Waals surface area contributed by atoms with Crippen LogP contribution in [-0.4, -0.2) is 55.7 Å². The highest BCUT2D eigenvalue weighted by Gasteiger charge is 2.38. The predicted octanol–water partition coefficient (Wildman–Crippen LogP) is -0.0436. The standard InChI is InChI=1S/C9H21NO5Si/c1-11-16(12-2,5-3-4-10)15-8-13-6-9-7-14-9/h9H,3-8,10H2,1-2H3. The summed E-state index contributed by atoms with van der Waals surface area (Å²) in [7, 11) is 0.625. The zero-order valence-electron chi connectivity index (χ0n) is 9.94. The highest BCUT2D eigenvalue weighted by Crippen LogP contribution is 2.16. The molecule has 1 unspecified atom stereocenters. The first-order valence-corrected chi connectivity index (χ1v) is 7.33. The van der Waals surface area contributed by atoms with Gasteiger partial charge in [-0.3, -0.25) is 0 Å². The van der Waals surface area contributed by atoms with E-state index in [-0.39, 0.29) is 12.9 Å². The molecule has 2 N–H and O–H groups in total. The van der Waals surface area contributed by atoms with Crippen molar-refractivity contribution in [3.63, 3.8) is 0 Å². The van der Waals surface area contributed by atoms with Gasteiger partial charge in [0.15, 0.2) is 0 Å². The first-order chi connectivity index (χ1) is 7.76. The molecule has 1 atom stereocenters. The van der Waals surface area contributed by atoms with Gasteiger partial charge in [-0.1, -0.05) is 0 Å². The molecule has 1 aliphatic heterocycles. The molecule has 7 heteroatoms. The van der Waals surface area contributed by atoms with E-state index in [0.29, 0.717) is 19.2 Å². The van der Waals surface area contributed by atoms with E-state index in [1.54, 1.807) is 14.2 Å². The Hall–Kier alpha value is -0.0231. The number of ether oxygens (including phenoxy) is 2. The van der Waals surface area contributed by atoms with Crippen molar-refractivity contribution in [3.8, 4) is 0 Å². The second-order valence-electron chi connectivity index (χ2n) is 3.57. The summed E-state index contributed by atoms with van der Waals surface area (Å²) in [6.07, 6.45) is 1.06. The van der Waals surface area contributed by atoms with Gasteiger partial charge in [-0.25, -0.2) is 0 Å². The highest BCUT2D eigenvalue weighted by atomic mass is 28.4. The van der Waals surface area contributed by atoms with Crippen molar-refractivity contribution in [1.82, 2.24) is 0 Å². The second kappa shape index (κ2) is 7.33. The summed E-state index contributed by atoms with van der Waals surface area (Å²) in [6, 6.07) is 0.708. The molecule has 0 amide bonds. The molecule has 96 valence electrons. The van der Waals surface area contributed by atoms with E-state index in [0.717, 1.165) is 13.0 Å². The Morgan fingerprint density at radius 3 is 2.56 bits per heavy atom. The quantitative estimate of drug-likeness (QED) is 0.254. The van der Waals surface area contributed by atoms with Crippen LogP contribution in [0.5, 0.6) is 0 Å². The maximum absolute atomic E-state index is 5.57. The summed E-state index contributed by atoms with van der Waals surface area (Å²) in [4.78, 5) is 0. The second-order valence-corrected chi connectivity index (χ2v) is 6.54. The lowest BCUT2D eigenvalue weighted by atomic mass is 10.5. The molecular weight excluding hydrogens is 230 g/mol. The van der Waals surface area contributed by atoms with Crippen molar-refractivity contribution in [2.45, 2.75) is 18.6 Å². The fourth-order valence-electron chi connectivity index (χ4n) is 1.27. The molecule has 1 heterocycles. The van der Waals surface area contributed by atoms with Crippen LogP contribution in [0.1, 0.15) is 6.42 Å². The topological polar surface area (TPSA) is 75.5 Å². The summed E-state index contributed by atoms with van der Waals surface area (Å²) in [5.41, 5.74) is 5.46. The zero-order valence-corrected chi connectivity index (χ0v) is 10.9. The highest BCUT2D eigenvalue weighted by molar-refractivity contribution is 6.60. The van der Waals surface area contributed by atoms with Gasteiger partial charge in [0.1, 0.15) is 12.9 Å². The van der Waals surface area contributed by atoms with Crippen molar-refractivity contribution in [1.29, 1.82) is 0 Å². The first-order valence-electron chi connectivity index (χ1n) is 5.40. The van der Waals surface area contributed by atoms with Gasteiger partial charge in [0.2, 0.25) is 0 Å². The van der Waals surface area contributed by atoms with Crippen molar-refractivity contribution >= 4 is 8.80 Å². The van der Waals surface area contributed by atoms with Crippen LogP contribution in [0.25, 0.3) is 0 Å². The van der Waals surface area contributed by atoms with Gasteiger partial charge in [-0.05, 0) is 13.0 Å². The number of hydrogen-bond donors (Lipinski definition) is 1. The summed E-state index contributed by atoms with van der Waals surface area (Å²) >= 11 is 0. The molecule has 0 spiro atoms. The first kappa shape index (κ1) is 14.0. The van der Waals surface area contributed by atoms with Gasteiger partial charge in [-0.2, -0.15) is 0 Å². The number of epoxide rings is 1. The fourth-order valence-corrected chi connectivity index (χ4v) is 3.13. The Kier molecular flexibility index (Phi) is 6.43. The maximum atomic E-state index is 5.57. The smallest absolute Gasteiger partial charge is 0.377 e. The van der Waals surface area contributed by atoms with Gasteiger partial charge in [0, 0.05) is 20.3 Å². The minimum Gasteiger partial charge on any atom is -0.377 e. The molecule has 0 aromatic carbocycles. The molecule has 0 aromatic heterocycles. The summed E-state index contributed by atoms with van der Waals surface area (Å²) in [6.45, 7) is 2.12. The van der Waals surface area contributed by atoms with Crippen LogP contribution in [0.2, 0.25) is 6.04 Å². The normalized spacial score (nSPS) is 20.1. The Labute approximate surface area is 97.3 Å². The molecule has 1 fully saturated rings. The van der Waals surface area contributed by atoms with E-state index in [4.69, 9.17) is 28.5 Å². The van der Waals surface area contributed by atoms with Crippen LogP contribution in [-0.2, 0) is 22.8 Å². The van der Waals surface area contributed by atoms with Crippen LogP contribution >= 0.6 is 0 Å². The van der Waals surface area contributed by atoms with Crippen LogP contribution in [0.15, 0.2) is 0 Å². The SMILES string of the molecule is CO[Si](CCCN)(OC)OCOCC1CO1. The average molecular weight is 251 g/mol. The minimum absolute atomic E-state index is 0.179. The molecule has 0 aliphatic carbocycles. The monoisotopic (exact) mass is 251 g/mol. The molecule has 0 radical (unpaired) electrons. The van der Waals surface area contributed by atoms with Gasteiger partial charge < -0.3 is 28.5 Å². The maximum Gasteiger partial charge on any atom is 0.502 e. The van der Waals surface area contributed by atoms with Crippen LogP contribution in [0, 0.1) is 0 Å². The molecule has 1 aliphatic rings. The third-order valence-electron chi connectivity index (χ3n) is 2.38. The molecule has 6 nitrogen and oxygen atoms in total. The Bertz CT molecular complexity index is 187. The van der Waals surface area contributed by atoms with Gasteiger partial charge in [0.25, 0.3) is 0 Å². The zero-order chi connectivity index (χ0) is 11.9. The Morgan fingerprint density at radius 1 is 1.38 bits per heavy atom. The summed E-state index contributed by atoms with van der Waals surface area (Å²) < 4.78 is 26.6. The van der Waals surface area contributed by atoms with Gasteiger partial charge in [0.05, 0.1) is 13.2 Å². The lowest BCUT2D eigenvalue weighted by Crippen LogP contribution is -2.44. The third kappa shape index (κ3) is 4.87. The van der Waals surface area contributed by atoms with Crippen molar-refractivity contribution in [2.24, 2.45) is 5.73 Å².